The summed E-state index contributed by atoms with van der Waals surface area (Å²) in [5.41, 5.74) is -2.55. The largest absolute Gasteiger partial charge is 0.405 e. The van der Waals surface area contributed by atoms with Crippen LogP contribution in [0.5, 0.6) is 0 Å². The molecule has 0 aliphatic heterocycles. The third-order valence-electron chi connectivity index (χ3n) is 2.46. The van der Waals surface area contributed by atoms with Crippen LogP contribution in [0.25, 0.3) is 0 Å². The molecular formula is C11H10F3O. The van der Waals surface area contributed by atoms with Crippen molar-refractivity contribution in [2.75, 3.05) is 0 Å². The van der Waals surface area contributed by atoms with Crippen molar-refractivity contribution < 1.29 is 18.0 Å². The van der Waals surface area contributed by atoms with Crippen molar-refractivity contribution >= 4 is 6.29 Å². The molecule has 0 saturated carbocycles. The molecule has 0 amide bonds. The maximum Gasteiger partial charge on any atom is 0.405 e. The molecule has 1 radical (unpaired) electrons. The fraction of sp³-hybridized carbons (Fsp3) is 0.364. The molecule has 4 heteroatoms. The third-order valence-corrected chi connectivity index (χ3v) is 2.46. The molecule has 0 aliphatic carbocycles. The van der Waals surface area contributed by atoms with E-state index in [1.54, 1.807) is 6.07 Å². The van der Waals surface area contributed by atoms with E-state index >= 15 is 0 Å². The molecule has 1 aromatic rings. The van der Waals surface area contributed by atoms with Gasteiger partial charge < -0.3 is 0 Å². The highest BCUT2D eigenvalue weighted by Crippen LogP contribution is 2.41. The molecule has 0 fully saturated rings. The van der Waals surface area contributed by atoms with E-state index in [9.17, 15) is 18.0 Å². The first-order chi connectivity index (χ1) is 6.98. The highest BCUT2D eigenvalue weighted by Gasteiger charge is 2.55. The third kappa shape index (κ3) is 1.89. The van der Waals surface area contributed by atoms with Crippen molar-refractivity contribution in [1.29, 1.82) is 0 Å². The summed E-state index contributed by atoms with van der Waals surface area (Å²) in [6, 6.07) is 7.14. The van der Waals surface area contributed by atoms with Gasteiger partial charge in [0.05, 0.1) is 0 Å². The highest BCUT2D eigenvalue weighted by molar-refractivity contribution is 5.70. The molecule has 1 nitrogen and oxygen atoms in total. The van der Waals surface area contributed by atoms with Gasteiger partial charge in [-0.05, 0) is 12.0 Å². The van der Waals surface area contributed by atoms with Gasteiger partial charge in [0, 0.05) is 0 Å². The Morgan fingerprint density at radius 3 is 2.07 bits per heavy atom. The minimum atomic E-state index is -4.61. The Morgan fingerprint density at radius 2 is 1.73 bits per heavy atom. The standard InChI is InChI=1S/C11H10F3O/c1-2-10(8-15,11(12,13)14)9-6-4-3-5-7-9/h3-7H,2H2,1H3. The van der Waals surface area contributed by atoms with Gasteiger partial charge in [-0.2, -0.15) is 13.2 Å². The molecule has 1 aromatic carbocycles. The molecule has 0 spiro atoms. The lowest BCUT2D eigenvalue weighted by molar-refractivity contribution is -0.170. The van der Waals surface area contributed by atoms with Crippen LogP contribution in [0.4, 0.5) is 13.2 Å². The normalized spacial score (nSPS) is 15.7. The quantitative estimate of drug-likeness (QED) is 0.757. The van der Waals surface area contributed by atoms with Gasteiger partial charge in [-0.15, -0.1) is 0 Å². The van der Waals surface area contributed by atoms with E-state index in [-0.39, 0.29) is 12.0 Å². The average Bonchev–Trinajstić information content (AvgIpc) is 2.20. The minimum absolute atomic E-state index is 0.0602. The number of carbonyl (C=O) groups excluding carboxylic acids is 1. The van der Waals surface area contributed by atoms with Crippen molar-refractivity contribution in [3.8, 4) is 0 Å². The van der Waals surface area contributed by atoms with Gasteiger partial charge in [0.25, 0.3) is 0 Å². The van der Waals surface area contributed by atoms with Gasteiger partial charge in [0.15, 0.2) is 5.41 Å². The van der Waals surface area contributed by atoms with Crippen LogP contribution >= 0.6 is 0 Å². The van der Waals surface area contributed by atoms with Crippen LogP contribution in [0.2, 0.25) is 0 Å². The molecule has 1 unspecified atom stereocenters. The zero-order valence-corrected chi connectivity index (χ0v) is 8.14. The zero-order valence-electron chi connectivity index (χ0n) is 8.14. The van der Waals surface area contributed by atoms with Crippen molar-refractivity contribution in [3.63, 3.8) is 0 Å². The summed E-state index contributed by atoms with van der Waals surface area (Å²) in [4.78, 5) is 10.7. The molecule has 15 heavy (non-hydrogen) atoms. The first-order valence-electron chi connectivity index (χ1n) is 4.49. The molecular weight excluding hydrogens is 205 g/mol. The van der Waals surface area contributed by atoms with E-state index in [0.717, 1.165) is 6.29 Å². The maximum absolute atomic E-state index is 12.8. The van der Waals surface area contributed by atoms with Crippen LogP contribution in [-0.2, 0) is 10.2 Å². The predicted octanol–water partition coefficient (Wildman–Crippen LogP) is 3.01. The molecule has 1 rings (SSSR count). The molecule has 0 aromatic heterocycles. The van der Waals surface area contributed by atoms with Crippen molar-refractivity contribution in [3.05, 3.63) is 35.9 Å². The lowest BCUT2D eigenvalue weighted by Gasteiger charge is -2.28. The van der Waals surface area contributed by atoms with Crippen molar-refractivity contribution in [2.24, 2.45) is 0 Å². The summed E-state index contributed by atoms with van der Waals surface area (Å²) in [6.07, 6.45) is -3.80. The second-order valence-corrected chi connectivity index (χ2v) is 3.22. The Morgan fingerprint density at radius 1 is 1.20 bits per heavy atom. The summed E-state index contributed by atoms with van der Waals surface area (Å²) in [5, 5.41) is 0. The number of halogens is 3. The second-order valence-electron chi connectivity index (χ2n) is 3.22. The van der Waals surface area contributed by atoms with E-state index in [0.29, 0.717) is 0 Å². The van der Waals surface area contributed by atoms with Crippen LogP contribution < -0.4 is 0 Å². The second kappa shape index (κ2) is 4.04. The van der Waals surface area contributed by atoms with Crippen molar-refractivity contribution in [2.45, 2.75) is 24.9 Å². The number of alkyl halides is 3. The molecule has 0 heterocycles. The lowest BCUT2D eigenvalue weighted by Crippen LogP contribution is -2.43. The van der Waals surface area contributed by atoms with E-state index in [1.165, 1.54) is 31.2 Å². The number of hydrogen-bond acceptors (Lipinski definition) is 1. The van der Waals surface area contributed by atoms with Gasteiger partial charge >= 0.3 is 6.18 Å². The first-order valence-corrected chi connectivity index (χ1v) is 4.49. The summed E-state index contributed by atoms with van der Waals surface area (Å²) in [6.45, 7) is 1.32. The topological polar surface area (TPSA) is 17.1 Å². The van der Waals surface area contributed by atoms with Crippen molar-refractivity contribution in [1.82, 2.24) is 0 Å². The SMILES string of the molecule is CCC([C]=O)(c1ccccc1)C(F)(F)F. The summed E-state index contributed by atoms with van der Waals surface area (Å²) in [7, 11) is 0. The summed E-state index contributed by atoms with van der Waals surface area (Å²) >= 11 is 0. The molecule has 0 N–H and O–H groups in total. The molecule has 0 saturated heterocycles. The monoisotopic (exact) mass is 215 g/mol. The van der Waals surface area contributed by atoms with E-state index in [2.05, 4.69) is 0 Å². The first kappa shape index (κ1) is 11.8. The van der Waals surface area contributed by atoms with Gasteiger partial charge in [-0.1, -0.05) is 37.3 Å². The van der Waals surface area contributed by atoms with E-state index in [1.807, 2.05) is 0 Å². The van der Waals surface area contributed by atoms with E-state index < -0.39 is 11.6 Å². The highest BCUT2D eigenvalue weighted by atomic mass is 19.4. The molecule has 81 valence electrons. The van der Waals surface area contributed by atoms with E-state index in [4.69, 9.17) is 0 Å². The Bertz CT molecular complexity index is 331. The van der Waals surface area contributed by atoms with Crippen LogP contribution in [-0.4, -0.2) is 12.5 Å². The van der Waals surface area contributed by atoms with Crippen LogP contribution in [0.3, 0.4) is 0 Å². The fourth-order valence-corrected chi connectivity index (χ4v) is 1.48. The fourth-order valence-electron chi connectivity index (χ4n) is 1.48. The van der Waals surface area contributed by atoms with Gasteiger partial charge in [0.1, 0.15) is 0 Å². The average molecular weight is 215 g/mol. The smallest absolute Gasteiger partial charge is 0.289 e. The summed E-state index contributed by atoms with van der Waals surface area (Å²) < 4.78 is 38.4. The number of rotatable bonds is 3. The minimum Gasteiger partial charge on any atom is -0.289 e. The van der Waals surface area contributed by atoms with Gasteiger partial charge in [0.2, 0.25) is 6.29 Å². The van der Waals surface area contributed by atoms with Crippen LogP contribution in [0.1, 0.15) is 18.9 Å². The Hall–Kier alpha value is -1.32. The molecule has 1 atom stereocenters. The maximum atomic E-state index is 12.8. The van der Waals surface area contributed by atoms with Crippen LogP contribution in [0.15, 0.2) is 30.3 Å². The van der Waals surface area contributed by atoms with Gasteiger partial charge in [-0.25, -0.2) is 0 Å². The lowest BCUT2D eigenvalue weighted by atomic mass is 9.79. The number of hydrogen-bond donors (Lipinski definition) is 0. The van der Waals surface area contributed by atoms with Gasteiger partial charge in [-0.3, -0.25) is 4.79 Å². The Kier molecular flexibility index (Phi) is 3.17. The van der Waals surface area contributed by atoms with Crippen LogP contribution in [0, 0.1) is 0 Å². The molecule has 0 aliphatic rings. The Balaban J connectivity index is 3.30. The Labute approximate surface area is 85.9 Å². The predicted molar refractivity (Wildman–Crippen MR) is 50.2 cm³/mol. The number of benzene rings is 1. The summed E-state index contributed by atoms with van der Waals surface area (Å²) in [5.74, 6) is 0. The molecule has 0 bridgehead atoms. The zero-order chi connectivity index (χ0) is 11.5.